The summed E-state index contributed by atoms with van der Waals surface area (Å²) in [7, 11) is -3.44. The van der Waals surface area contributed by atoms with Crippen LogP contribution in [0.3, 0.4) is 0 Å². The molecule has 3 aliphatic heterocycles. The molecule has 3 aliphatic rings. The van der Waals surface area contributed by atoms with Gasteiger partial charge >= 0.3 is 0 Å². The van der Waals surface area contributed by atoms with E-state index < -0.39 is 10.0 Å². The van der Waals surface area contributed by atoms with Crippen LogP contribution in [-0.2, 0) is 10.0 Å². The molecule has 3 atom stereocenters. The third-order valence-electron chi connectivity index (χ3n) is 6.06. The third-order valence-corrected chi connectivity index (χ3v) is 7.91. The molecule has 3 saturated heterocycles. The summed E-state index contributed by atoms with van der Waals surface area (Å²) < 4.78 is 27.6. The molecule has 148 valence electrons. The Kier molecular flexibility index (Phi) is 4.50. The molecule has 3 fully saturated rings. The maximum atomic E-state index is 13.0. The first-order valence-corrected chi connectivity index (χ1v) is 11.3. The van der Waals surface area contributed by atoms with Crippen LogP contribution in [0.2, 0.25) is 0 Å². The molecule has 0 amide bonds. The minimum Gasteiger partial charge on any atom is -0.307 e. The summed E-state index contributed by atoms with van der Waals surface area (Å²) in [6, 6.07) is 20.0. The van der Waals surface area contributed by atoms with E-state index in [9.17, 15) is 8.42 Å². The van der Waals surface area contributed by atoms with Crippen LogP contribution in [0, 0.1) is 6.92 Å². The van der Waals surface area contributed by atoms with Crippen molar-refractivity contribution >= 4 is 10.0 Å². The zero-order chi connectivity index (χ0) is 20.0. The number of nitrogens with zero attached hydrogens (tertiary/aromatic N) is 2. The Labute approximate surface area is 171 Å². The average Bonchev–Trinajstić information content (AvgIpc) is 2.75. The van der Waals surface area contributed by atoms with E-state index in [1.807, 2.05) is 31.2 Å². The van der Waals surface area contributed by atoms with Gasteiger partial charge in [-0.1, -0.05) is 42.0 Å². The van der Waals surface area contributed by atoms with Crippen LogP contribution in [0.4, 0.5) is 0 Å². The number of nitrogens with one attached hydrogen (secondary N) is 1. The van der Waals surface area contributed by atoms with E-state index >= 15 is 0 Å². The number of sulfonamides is 1. The Morgan fingerprint density at radius 3 is 2.07 bits per heavy atom. The number of piperazine rings is 1. The van der Waals surface area contributed by atoms with Crippen molar-refractivity contribution in [1.29, 1.82) is 0 Å². The van der Waals surface area contributed by atoms with Crippen molar-refractivity contribution in [3.8, 4) is 11.1 Å². The maximum absolute atomic E-state index is 13.0. The van der Waals surface area contributed by atoms with Crippen molar-refractivity contribution in [2.24, 2.45) is 0 Å². The second-order valence-electron chi connectivity index (χ2n) is 7.90. The molecule has 0 saturated carbocycles. The Morgan fingerprint density at radius 2 is 1.45 bits per heavy atom. The van der Waals surface area contributed by atoms with Crippen LogP contribution in [-0.4, -0.2) is 42.9 Å². The first-order valence-electron chi connectivity index (χ1n) is 9.85. The van der Waals surface area contributed by atoms with E-state index in [2.05, 4.69) is 34.6 Å². The third kappa shape index (κ3) is 3.27. The number of pyridine rings is 1. The second kappa shape index (κ2) is 7.06. The van der Waals surface area contributed by atoms with Crippen molar-refractivity contribution in [1.82, 2.24) is 14.6 Å². The number of hydrogen-bond acceptors (Lipinski definition) is 4. The van der Waals surface area contributed by atoms with Gasteiger partial charge in [-0.3, -0.25) is 4.98 Å². The summed E-state index contributed by atoms with van der Waals surface area (Å²) in [4.78, 5) is 4.45. The molecule has 5 nitrogen and oxygen atoms in total. The van der Waals surface area contributed by atoms with Gasteiger partial charge in [0.25, 0.3) is 0 Å². The molecule has 6 heteroatoms. The van der Waals surface area contributed by atoms with E-state index in [0.717, 1.165) is 16.7 Å². The highest BCUT2D eigenvalue weighted by Gasteiger charge is 2.49. The summed E-state index contributed by atoms with van der Waals surface area (Å²) in [6.07, 6.45) is 3.60. The number of fused-ring (bicyclic) bond motifs is 2. The van der Waals surface area contributed by atoms with Gasteiger partial charge in [-0.15, -0.1) is 0 Å². The lowest BCUT2D eigenvalue weighted by Crippen LogP contribution is -2.72. The fraction of sp³-hybridized carbons (Fsp3) is 0.261. The molecule has 2 bridgehead atoms. The van der Waals surface area contributed by atoms with E-state index in [1.54, 1.807) is 28.8 Å². The minimum absolute atomic E-state index is 0.153. The largest absolute Gasteiger partial charge is 0.307 e. The van der Waals surface area contributed by atoms with Gasteiger partial charge in [-0.25, -0.2) is 8.42 Å². The van der Waals surface area contributed by atoms with Gasteiger partial charge in [-0.2, -0.15) is 4.31 Å². The molecule has 0 radical (unpaired) electrons. The van der Waals surface area contributed by atoms with Crippen molar-refractivity contribution in [2.75, 3.05) is 13.1 Å². The summed E-state index contributed by atoms with van der Waals surface area (Å²) >= 11 is 0. The van der Waals surface area contributed by atoms with Crippen molar-refractivity contribution in [3.63, 3.8) is 0 Å². The van der Waals surface area contributed by atoms with Crippen LogP contribution in [0.5, 0.6) is 0 Å². The zero-order valence-electron chi connectivity index (χ0n) is 16.2. The highest BCUT2D eigenvalue weighted by atomic mass is 32.2. The van der Waals surface area contributed by atoms with Crippen LogP contribution in [0.15, 0.2) is 78.0 Å². The van der Waals surface area contributed by atoms with Crippen molar-refractivity contribution < 1.29 is 8.42 Å². The Balaban J connectivity index is 1.32. The monoisotopic (exact) mass is 405 g/mol. The number of benzene rings is 2. The first kappa shape index (κ1) is 18.5. The van der Waals surface area contributed by atoms with Gasteiger partial charge in [0, 0.05) is 43.5 Å². The molecule has 29 heavy (non-hydrogen) atoms. The first-order chi connectivity index (χ1) is 14.0. The molecule has 2 aromatic carbocycles. The van der Waals surface area contributed by atoms with Crippen LogP contribution in [0.1, 0.15) is 17.0 Å². The lowest BCUT2D eigenvalue weighted by Gasteiger charge is -2.54. The number of hydrogen-bond donors (Lipinski definition) is 1. The Bertz CT molecular complexity index is 1100. The van der Waals surface area contributed by atoms with Gasteiger partial charge in [0.05, 0.1) is 4.90 Å². The Hall–Kier alpha value is -2.54. The Morgan fingerprint density at radius 1 is 0.862 bits per heavy atom. The highest BCUT2D eigenvalue weighted by Crippen LogP contribution is 2.39. The molecule has 1 unspecified atom stereocenters. The fourth-order valence-corrected chi connectivity index (χ4v) is 5.94. The maximum Gasteiger partial charge on any atom is 0.243 e. The topological polar surface area (TPSA) is 62.3 Å². The molecule has 6 rings (SSSR count). The van der Waals surface area contributed by atoms with Crippen LogP contribution >= 0.6 is 0 Å². The SMILES string of the molecule is Cc1ccc(S(=O)(=O)N2C[C@@H]3N[C@H](C2)C3c2ccc(-c3ccncc3)cc2)cc1. The van der Waals surface area contributed by atoms with E-state index in [4.69, 9.17) is 0 Å². The standard InChI is InChI=1S/C23H23N3O2S/c1-16-2-8-20(9-3-16)29(27,28)26-14-21-23(22(15-26)25-21)19-6-4-17(5-7-19)18-10-12-24-13-11-18/h2-13,21-23,25H,14-15H2,1H3/t21-,22+,23?. The summed E-state index contributed by atoms with van der Waals surface area (Å²) in [5.41, 5.74) is 4.64. The van der Waals surface area contributed by atoms with Gasteiger partial charge in [0.1, 0.15) is 0 Å². The normalized spacial score (nSPS) is 24.1. The minimum atomic E-state index is -3.44. The van der Waals surface area contributed by atoms with Gasteiger partial charge in [0.2, 0.25) is 10.0 Å². The van der Waals surface area contributed by atoms with Crippen LogP contribution in [0.25, 0.3) is 11.1 Å². The molecule has 0 aliphatic carbocycles. The van der Waals surface area contributed by atoms with Crippen molar-refractivity contribution in [3.05, 3.63) is 84.2 Å². The van der Waals surface area contributed by atoms with Gasteiger partial charge < -0.3 is 5.32 Å². The summed E-state index contributed by atoms with van der Waals surface area (Å²) in [6.45, 7) is 2.97. The summed E-state index contributed by atoms with van der Waals surface area (Å²) in [5, 5.41) is 3.52. The molecule has 1 aromatic heterocycles. The number of aromatic nitrogens is 1. The number of aryl methyl sites for hydroxylation is 1. The second-order valence-corrected chi connectivity index (χ2v) is 9.84. The predicted octanol–water partition coefficient (Wildman–Crippen LogP) is 3.19. The number of rotatable bonds is 4. The molecule has 1 N–H and O–H groups in total. The quantitative estimate of drug-likeness (QED) is 0.724. The smallest absolute Gasteiger partial charge is 0.243 e. The molecule has 3 aromatic rings. The van der Waals surface area contributed by atoms with E-state index in [1.165, 1.54) is 5.56 Å². The molecule has 0 spiro atoms. The average molecular weight is 406 g/mol. The summed E-state index contributed by atoms with van der Waals surface area (Å²) in [5.74, 6) is 0.353. The van der Waals surface area contributed by atoms with Crippen LogP contribution < -0.4 is 5.32 Å². The van der Waals surface area contributed by atoms with E-state index in [0.29, 0.717) is 23.9 Å². The van der Waals surface area contributed by atoms with Gasteiger partial charge in [-0.05, 0) is 47.9 Å². The molecule has 4 heterocycles. The van der Waals surface area contributed by atoms with Crippen molar-refractivity contribution in [2.45, 2.75) is 29.8 Å². The van der Waals surface area contributed by atoms with E-state index in [-0.39, 0.29) is 12.1 Å². The predicted molar refractivity (Wildman–Crippen MR) is 113 cm³/mol. The van der Waals surface area contributed by atoms with Gasteiger partial charge in [0.15, 0.2) is 0 Å². The lowest BCUT2D eigenvalue weighted by atomic mass is 9.75. The molecular weight excluding hydrogens is 382 g/mol. The highest BCUT2D eigenvalue weighted by molar-refractivity contribution is 7.89. The zero-order valence-corrected chi connectivity index (χ0v) is 17.0. The fourth-order valence-electron chi connectivity index (χ4n) is 4.45. The lowest BCUT2D eigenvalue weighted by molar-refractivity contribution is 0.102. The number of piperidine rings is 1. The molecular formula is C23H23N3O2S.